The fourth-order valence-electron chi connectivity index (χ4n) is 3.41. The van der Waals surface area contributed by atoms with Crippen LogP contribution < -0.4 is 5.32 Å². The Morgan fingerprint density at radius 2 is 2.14 bits per heavy atom. The third-order valence-corrected chi connectivity index (χ3v) is 4.72. The van der Waals surface area contributed by atoms with Gasteiger partial charge in [0.2, 0.25) is 0 Å². The van der Waals surface area contributed by atoms with Crippen molar-refractivity contribution in [2.45, 2.75) is 51.4 Å². The quantitative estimate of drug-likeness (QED) is 0.846. The Labute approximate surface area is 127 Å². The van der Waals surface area contributed by atoms with Gasteiger partial charge in [0.1, 0.15) is 5.82 Å². The van der Waals surface area contributed by atoms with Crippen LogP contribution in [0.5, 0.6) is 0 Å². The third-order valence-electron chi connectivity index (χ3n) is 4.72. The second-order valence-corrected chi connectivity index (χ2v) is 6.40. The maximum atomic E-state index is 5.43. The standard InChI is InChI=1S/C17H27N3O/c1-2-7-18-11-13-3-4-16-15(10-13)12-19-17(20-16)14-5-8-21-9-6-14/h12-14,18H,2-11H2,1H3. The van der Waals surface area contributed by atoms with E-state index in [1.165, 1.54) is 24.1 Å². The Kier molecular flexibility index (Phi) is 5.20. The van der Waals surface area contributed by atoms with Gasteiger partial charge in [0, 0.05) is 31.0 Å². The molecule has 1 aromatic heterocycles. The van der Waals surface area contributed by atoms with E-state index >= 15 is 0 Å². The first-order chi connectivity index (χ1) is 10.4. The van der Waals surface area contributed by atoms with Crippen molar-refractivity contribution in [1.29, 1.82) is 0 Å². The van der Waals surface area contributed by atoms with Crippen molar-refractivity contribution < 1.29 is 4.74 Å². The lowest BCUT2D eigenvalue weighted by atomic mass is 9.87. The lowest BCUT2D eigenvalue weighted by Gasteiger charge is -2.26. The molecule has 21 heavy (non-hydrogen) atoms. The Bertz CT molecular complexity index is 457. The van der Waals surface area contributed by atoms with E-state index < -0.39 is 0 Å². The Hall–Kier alpha value is -1.00. The molecule has 1 aliphatic carbocycles. The third kappa shape index (κ3) is 3.80. The number of nitrogens with one attached hydrogen (secondary N) is 1. The van der Waals surface area contributed by atoms with E-state index in [-0.39, 0.29) is 0 Å². The molecule has 0 amide bonds. The maximum Gasteiger partial charge on any atom is 0.131 e. The second kappa shape index (κ2) is 7.32. The van der Waals surface area contributed by atoms with Crippen LogP contribution in [0.1, 0.15) is 55.6 Å². The zero-order valence-corrected chi connectivity index (χ0v) is 13.1. The zero-order valence-electron chi connectivity index (χ0n) is 13.1. The smallest absolute Gasteiger partial charge is 0.131 e. The summed E-state index contributed by atoms with van der Waals surface area (Å²) in [6.45, 7) is 6.19. The van der Waals surface area contributed by atoms with Crippen molar-refractivity contribution in [2.75, 3.05) is 26.3 Å². The van der Waals surface area contributed by atoms with Gasteiger partial charge in [0.25, 0.3) is 0 Å². The number of aromatic nitrogens is 2. The van der Waals surface area contributed by atoms with E-state index in [9.17, 15) is 0 Å². The number of aryl methyl sites for hydroxylation is 1. The van der Waals surface area contributed by atoms with E-state index in [1.807, 2.05) is 0 Å². The summed E-state index contributed by atoms with van der Waals surface area (Å²) < 4.78 is 5.43. The summed E-state index contributed by atoms with van der Waals surface area (Å²) in [5.74, 6) is 2.31. The highest BCUT2D eigenvalue weighted by Gasteiger charge is 2.23. The van der Waals surface area contributed by atoms with E-state index in [4.69, 9.17) is 9.72 Å². The summed E-state index contributed by atoms with van der Waals surface area (Å²) in [7, 11) is 0. The van der Waals surface area contributed by atoms with E-state index in [1.54, 1.807) is 0 Å². The molecule has 116 valence electrons. The maximum absolute atomic E-state index is 5.43. The van der Waals surface area contributed by atoms with Gasteiger partial charge in [-0.15, -0.1) is 0 Å². The Morgan fingerprint density at radius 3 is 2.95 bits per heavy atom. The largest absolute Gasteiger partial charge is 0.381 e. The Morgan fingerprint density at radius 1 is 1.29 bits per heavy atom. The monoisotopic (exact) mass is 289 g/mol. The topological polar surface area (TPSA) is 47.0 Å². The highest BCUT2D eigenvalue weighted by Crippen LogP contribution is 2.28. The minimum absolute atomic E-state index is 0.507. The van der Waals surface area contributed by atoms with Crippen molar-refractivity contribution in [3.63, 3.8) is 0 Å². The molecule has 1 aromatic rings. The van der Waals surface area contributed by atoms with Crippen LogP contribution in [0.15, 0.2) is 6.20 Å². The molecule has 2 aliphatic rings. The molecule has 2 heterocycles. The van der Waals surface area contributed by atoms with Crippen LogP contribution in [-0.4, -0.2) is 36.3 Å². The van der Waals surface area contributed by atoms with Gasteiger partial charge in [-0.3, -0.25) is 0 Å². The summed E-state index contributed by atoms with van der Waals surface area (Å²) in [6.07, 6.45) is 8.96. The number of rotatable bonds is 5. The summed E-state index contributed by atoms with van der Waals surface area (Å²) in [6, 6.07) is 0. The molecule has 1 aliphatic heterocycles. The molecule has 1 atom stereocenters. The predicted octanol–water partition coefficient (Wildman–Crippen LogP) is 2.48. The number of nitrogens with zero attached hydrogens (tertiary/aromatic N) is 2. The molecule has 4 heteroatoms. The van der Waals surface area contributed by atoms with Crippen molar-refractivity contribution in [3.05, 3.63) is 23.3 Å². The summed E-state index contributed by atoms with van der Waals surface area (Å²) >= 11 is 0. The van der Waals surface area contributed by atoms with Gasteiger partial charge in [0.05, 0.1) is 0 Å². The van der Waals surface area contributed by atoms with Crippen LogP contribution in [0.3, 0.4) is 0 Å². The molecule has 0 aromatic carbocycles. The molecule has 0 saturated carbocycles. The molecule has 1 unspecified atom stereocenters. The van der Waals surface area contributed by atoms with Crippen LogP contribution in [0, 0.1) is 5.92 Å². The molecule has 4 nitrogen and oxygen atoms in total. The van der Waals surface area contributed by atoms with E-state index in [0.717, 1.165) is 63.7 Å². The Balaban J connectivity index is 1.62. The van der Waals surface area contributed by atoms with Crippen LogP contribution in [0.2, 0.25) is 0 Å². The fourth-order valence-corrected chi connectivity index (χ4v) is 3.41. The van der Waals surface area contributed by atoms with E-state index in [0.29, 0.717) is 5.92 Å². The number of hydrogen-bond acceptors (Lipinski definition) is 4. The van der Waals surface area contributed by atoms with Gasteiger partial charge < -0.3 is 10.1 Å². The first kappa shape index (κ1) is 14.9. The number of fused-ring (bicyclic) bond motifs is 1. The van der Waals surface area contributed by atoms with Crippen molar-refractivity contribution in [2.24, 2.45) is 5.92 Å². The van der Waals surface area contributed by atoms with Crippen LogP contribution >= 0.6 is 0 Å². The lowest BCUT2D eigenvalue weighted by Crippen LogP contribution is -2.28. The fraction of sp³-hybridized carbons (Fsp3) is 0.765. The van der Waals surface area contributed by atoms with Gasteiger partial charge in [0.15, 0.2) is 0 Å². The van der Waals surface area contributed by atoms with Crippen LogP contribution in [0.25, 0.3) is 0 Å². The molecular weight excluding hydrogens is 262 g/mol. The molecule has 1 saturated heterocycles. The average Bonchev–Trinajstić information content (AvgIpc) is 2.55. The van der Waals surface area contributed by atoms with Gasteiger partial charge >= 0.3 is 0 Å². The minimum atomic E-state index is 0.507. The molecule has 3 rings (SSSR count). The predicted molar refractivity (Wildman–Crippen MR) is 83.5 cm³/mol. The van der Waals surface area contributed by atoms with Crippen LogP contribution in [0.4, 0.5) is 0 Å². The summed E-state index contributed by atoms with van der Waals surface area (Å²) in [4.78, 5) is 9.54. The summed E-state index contributed by atoms with van der Waals surface area (Å²) in [5, 5.41) is 3.54. The SMILES string of the molecule is CCCNCC1CCc2nc(C3CCOCC3)ncc2C1. The van der Waals surface area contributed by atoms with Crippen molar-refractivity contribution >= 4 is 0 Å². The number of hydrogen-bond donors (Lipinski definition) is 1. The van der Waals surface area contributed by atoms with Crippen LogP contribution in [-0.2, 0) is 17.6 Å². The molecule has 0 spiro atoms. The van der Waals surface area contributed by atoms with Gasteiger partial charge in [-0.25, -0.2) is 9.97 Å². The molecular formula is C17H27N3O. The van der Waals surface area contributed by atoms with Crippen molar-refractivity contribution in [3.8, 4) is 0 Å². The average molecular weight is 289 g/mol. The lowest BCUT2D eigenvalue weighted by molar-refractivity contribution is 0.0835. The second-order valence-electron chi connectivity index (χ2n) is 6.40. The summed E-state index contributed by atoms with van der Waals surface area (Å²) in [5.41, 5.74) is 2.68. The highest BCUT2D eigenvalue weighted by molar-refractivity contribution is 5.22. The first-order valence-corrected chi connectivity index (χ1v) is 8.50. The molecule has 1 fully saturated rings. The number of ether oxygens (including phenoxy) is 1. The molecule has 0 bridgehead atoms. The minimum Gasteiger partial charge on any atom is -0.381 e. The zero-order chi connectivity index (χ0) is 14.5. The van der Waals surface area contributed by atoms with Gasteiger partial charge in [-0.2, -0.15) is 0 Å². The van der Waals surface area contributed by atoms with Crippen molar-refractivity contribution in [1.82, 2.24) is 15.3 Å². The van der Waals surface area contributed by atoms with Gasteiger partial charge in [-0.1, -0.05) is 6.92 Å². The first-order valence-electron chi connectivity index (χ1n) is 8.50. The molecule has 0 radical (unpaired) electrons. The normalized spacial score (nSPS) is 23.0. The van der Waals surface area contributed by atoms with E-state index in [2.05, 4.69) is 23.4 Å². The highest BCUT2D eigenvalue weighted by atomic mass is 16.5. The van der Waals surface area contributed by atoms with Gasteiger partial charge in [-0.05, 0) is 63.1 Å². The molecule has 1 N–H and O–H groups in total.